The zero-order valence-electron chi connectivity index (χ0n) is 55.1. The molecule has 7 aromatic rings. The van der Waals surface area contributed by atoms with Gasteiger partial charge in [0.1, 0.15) is 28.5 Å². The minimum Gasteiger partial charge on any atom is -0.455 e. The number of aromatic amines is 1. The summed E-state index contributed by atoms with van der Waals surface area (Å²) in [6, 6.07) is 21.1. The molecule has 4 saturated heterocycles. The van der Waals surface area contributed by atoms with Gasteiger partial charge in [0.15, 0.2) is 0 Å². The highest BCUT2D eigenvalue weighted by Crippen LogP contribution is 2.46. The van der Waals surface area contributed by atoms with Crippen molar-refractivity contribution < 1.29 is 81.3 Å². The number of carbonyl (C=O) groups excluding carboxylic acids is 1. The number of piperazine rings is 1. The number of alkyl halides is 3. The SMILES string of the molecule is CC1(C)CCC(CN2CCN(c3ccc(C(=O)NS(=O)(=O)c4ccc(N[C@@H]5CCOC5)c([N+](=O)[O-])c4)c(Oc4cnc5[nH]ccc5c4)c3)CC2)=C(c2ccc(C(F)(F)F)cc2Cl)C1.Cl.NS(=O)(=O)c1ccc(F)c([N+](=O)[O-])c1.NS(=O)(=O)c1ccc(N[C@@H]2CCOC2)c([N+](=O)[O-])c1.N[C@@H]1CCOC1. The van der Waals surface area contributed by atoms with Crippen LogP contribution in [0.2, 0.25) is 5.02 Å². The van der Waals surface area contributed by atoms with Gasteiger partial charge in [0.25, 0.3) is 27.3 Å². The number of rotatable bonds is 18. The minimum atomic E-state index is -4.61. The molecular weight excluding hydrogens is 1470 g/mol. The van der Waals surface area contributed by atoms with E-state index in [1.807, 2.05) is 0 Å². The van der Waals surface area contributed by atoms with Gasteiger partial charge in [-0.15, -0.1) is 12.4 Å². The van der Waals surface area contributed by atoms with E-state index in [9.17, 15) is 78.0 Å². The second-order valence-corrected chi connectivity index (χ2v) is 30.3. The van der Waals surface area contributed by atoms with Gasteiger partial charge >= 0.3 is 11.9 Å². The van der Waals surface area contributed by atoms with Crippen LogP contribution in [0, 0.1) is 41.6 Å². The molecule has 30 nitrogen and oxygen atoms in total. The molecular formula is C64H73Cl2F4N13O17S3. The summed E-state index contributed by atoms with van der Waals surface area (Å²) in [5.41, 5.74) is 7.24. The Balaban J connectivity index is 0.000000270. The molecule has 2 aromatic heterocycles. The minimum absolute atomic E-state index is 0. The normalized spacial score (nSPS) is 18.4. The standard InChI is InChI=1S/C44H45ClF3N7O7S.C10H13N3O5S.C6H5FN2O4S.C4H9NO.ClH/c1-43(2)12-9-28(36(23-43)34-6-3-29(20-37(34)45)44(46,47)48)25-53-14-16-54(17-15-53)31-4-7-35(40(21-31)62-32-19-27-10-13-49-41(27)50-24-32)42(56)52-63(59,60)33-5-8-38(39(22-33)55(57)58)51-30-11-18-61-26-30;11-19(16,17)8-1-2-9(10(5-8)13(14)15)12-7-3-4-18-6-7;7-5-2-1-4(14(8,12)13)3-6(5)9(10)11;5-4-1-2-6-3-4;/h3-8,10,13,19-22,24,30,51H,9,11-12,14-18,23,25-26H2,1-2H3,(H,49,50)(H,52,56);1-2,5,7,12H,3-4,6H2,(H2,11,16,17);1-3H,(H2,8,12,13);4H,1-3,5H2;1H/t30-;7-;;4-;/m11.1./s1. The number of amides is 1. The Bertz CT molecular complexity index is 4670. The van der Waals surface area contributed by atoms with Crippen LogP contribution in [-0.2, 0) is 50.5 Å². The summed E-state index contributed by atoms with van der Waals surface area (Å²) in [7, 11) is -12.6. The number of benzene rings is 5. The van der Waals surface area contributed by atoms with Crippen LogP contribution in [0.1, 0.15) is 73.9 Å². The molecule has 103 heavy (non-hydrogen) atoms. The van der Waals surface area contributed by atoms with Crippen molar-refractivity contribution in [1.82, 2.24) is 19.6 Å². The van der Waals surface area contributed by atoms with Gasteiger partial charge in [-0.1, -0.05) is 37.1 Å². The van der Waals surface area contributed by atoms with Gasteiger partial charge < -0.3 is 45.2 Å². The molecule has 1 aliphatic carbocycles. The first-order valence-electron chi connectivity index (χ1n) is 31.5. The van der Waals surface area contributed by atoms with E-state index in [2.05, 4.69) is 49.0 Å². The molecule has 0 unspecified atom stereocenters. The number of hydrogen-bond acceptors (Lipinski definition) is 23. The number of pyridine rings is 1. The van der Waals surface area contributed by atoms with Crippen LogP contribution in [0.4, 0.5) is 51.7 Å². The molecule has 5 aromatic carbocycles. The molecule has 39 heteroatoms. The summed E-state index contributed by atoms with van der Waals surface area (Å²) in [5, 5.41) is 49.7. The molecule has 0 bridgehead atoms. The van der Waals surface area contributed by atoms with Crippen LogP contribution >= 0.6 is 24.0 Å². The second kappa shape index (κ2) is 33.8. The maximum atomic E-state index is 13.9. The fourth-order valence-corrected chi connectivity index (χ4v) is 13.8. The number of hydrogen-bond donors (Lipinski definition) is 7. The number of halogens is 6. The van der Waals surface area contributed by atoms with Crippen molar-refractivity contribution >= 4 is 111 Å². The van der Waals surface area contributed by atoms with Gasteiger partial charge in [-0.25, -0.2) is 45.2 Å². The number of nitro benzene ring substituents is 3. The molecule has 556 valence electrons. The third kappa shape index (κ3) is 21.5. The highest BCUT2D eigenvalue weighted by Gasteiger charge is 2.35. The third-order valence-electron chi connectivity index (χ3n) is 17.0. The van der Waals surface area contributed by atoms with Crippen LogP contribution in [0.15, 0.2) is 136 Å². The van der Waals surface area contributed by atoms with Gasteiger partial charge in [-0.05, 0) is 128 Å². The lowest BCUT2D eigenvalue weighted by molar-refractivity contribution is -0.387. The lowest BCUT2D eigenvalue weighted by atomic mass is 9.72. The summed E-state index contributed by atoms with van der Waals surface area (Å²) >= 11 is 6.52. The Morgan fingerprint density at radius 3 is 1.83 bits per heavy atom. The monoisotopic (exact) mass is 1540 g/mol. The average molecular weight is 1540 g/mol. The first kappa shape index (κ1) is 80.0. The van der Waals surface area contributed by atoms with Crippen molar-refractivity contribution in [1.29, 1.82) is 0 Å². The molecule has 6 heterocycles. The van der Waals surface area contributed by atoms with Gasteiger partial charge in [-0.3, -0.25) is 40.0 Å². The fraction of sp³-hybridized carbons (Fsp3) is 0.375. The van der Waals surface area contributed by atoms with Crippen molar-refractivity contribution in [2.75, 3.05) is 87.9 Å². The van der Waals surface area contributed by atoms with Crippen LogP contribution in [0.5, 0.6) is 11.5 Å². The first-order valence-corrected chi connectivity index (χ1v) is 36.4. The number of nitrogens with zero attached hydrogens (tertiary/aromatic N) is 6. The van der Waals surface area contributed by atoms with E-state index in [1.54, 1.807) is 30.5 Å². The topological polar surface area (TPSA) is 435 Å². The van der Waals surface area contributed by atoms with E-state index in [4.69, 9.17) is 46.6 Å². The quantitative estimate of drug-likeness (QED) is 0.0238. The van der Waals surface area contributed by atoms with Crippen LogP contribution in [-0.4, -0.2) is 151 Å². The van der Waals surface area contributed by atoms with Gasteiger partial charge in [0, 0.05) is 105 Å². The highest BCUT2D eigenvalue weighted by molar-refractivity contribution is 7.90. The summed E-state index contributed by atoms with van der Waals surface area (Å²) in [6.45, 7) is 11.0. The molecule has 12 rings (SSSR count). The highest BCUT2D eigenvalue weighted by atomic mass is 35.5. The molecule has 3 atom stereocenters. The number of nitrogens with one attached hydrogen (secondary N) is 4. The Morgan fingerprint density at radius 1 is 0.738 bits per heavy atom. The van der Waals surface area contributed by atoms with Crippen molar-refractivity contribution in [3.8, 4) is 11.5 Å². The number of carbonyl (C=O) groups is 1. The smallest absolute Gasteiger partial charge is 0.416 e. The maximum absolute atomic E-state index is 13.9. The van der Waals surface area contributed by atoms with Crippen LogP contribution in [0.25, 0.3) is 16.6 Å². The summed E-state index contributed by atoms with van der Waals surface area (Å²) < 4.78 is 148. The van der Waals surface area contributed by atoms with Crippen molar-refractivity contribution in [3.05, 3.63) is 179 Å². The predicted octanol–water partition coefficient (Wildman–Crippen LogP) is 10.0. The molecule has 10 N–H and O–H groups in total. The summed E-state index contributed by atoms with van der Waals surface area (Å²) in [5.74, 6) is -1.78. The zero-order valence-corrected chi connectivity index (χ0v) is 59.1. The lowest BCUT2D eigenvalue weighted by Gasteiger charge is -2.39. The Morgan fingerprint density at radius 2 is 1.30 bits per heavy atom. The average Bonchev–Trinajstić information content (AvgIpc) is 1.44. The number of ether oxygens (including phenoxy) is 4. The van der Waals surface area contributed by atoms with E-state index in [-0.39, 0.29) is 68.2 Å². The van der Waals surface area contributed by atoms with Crippen LogP contribution < -0.4 is 41.0 Å². The number of nitrogens with two attached hydrogens (primary N) is 3. The lowest BCUT2D eigenvalue weighted by Crippen LogP contribution is -2.47. The van der Waals surface area contributed by atoms with Gasteiger partial charge in [-0.2, -0.15) is 17.6 Å². The molecule has 4 aliphatic heterocycles. The number of allylic oxidation sites excluding steroid dienone is 1. The fourth-order valence-electron chi connectivity index (χ4n) is 11.5. The number of sulfonamides is 3. The van der Waals surface area contributed by atoms with Crippen molar-refractivity contribution in [2.45, 2.75) is 91.4 Å². The van der Waals surface area contributed by atoms with E-state index in [0.717, 1.165) is 85.8 Å². The Kier molecular flexibility index (Phi) is 26.2. The second-order valence-electron chi connectivity index (χ2n) is 25.0. The van der Waals surface area contributed by atoms with Gasteiger partial charge in [0.2, 0.25) is 25.9 Å². The van der Waals surface area contributed by atoms with E-state index in [1.165, 1.54) is 42.6 Å². The number of aromatic nitrogens is 2. The number of H-pyrrole nitrogens is 1. The number of fused-ring (bicyclic) bond motifs is 1. The van der Waals surface area contributed by atoms with E-state index >= 15 is 0 Å². The molecule has 5 aliphatic rings. The summed E-state index contributed by atoms with van der Waals surface area (Å²) in [6.07, 6.45) is 3.52. The number of primary sulfonamides is 2. The summed E-state index contributed by atoms with van der Waals surface area (Å²) in [4.78, 5) is 55.3. The molecule has 0 radical (unpaired) electrons. The Labute approximate surface area is 599 Å². The largest absolute Gasteiger partial charge is 0.455 e. The molecule has 0 saturated carbocycles. The Hall–Kier alpha value is -8.73. The zero-order chi connectivity index (χ0) is 74.1. The van der Waals surface area contributed by atoms with Crippen molar-refractivity contribution in [3.63, 3.8) is 0 Å². The van der Waals surface area contributed by atoms with E-state index < -0.39 is 89.5 Å². The predicted molar refractivity (Wildman–Crippen MR) is 375 cm³/mol. The first-order chi connectivity index (χ1) is 48.0. The molecule has 4 fully saturated rings. The number of anilines is 3. The number of nitro groups is 3. The maximum Gasteiger partial charge on any atom is 0.416 e. The van der Waals surface area contributed by atoms with E-state index in [0.29, 0.717) is 113 Å². The molecule has 0 spiro atoms. The molecule has 1 amide bonds. The van der Waals surface area contributed by atoms with Crippen molar-refractivity contribution in [2.24, 2.45) is 21.4 Å². The third-order valence-corrected chi connectivity index (χ3v) is 20.4. The van der Waals surface area contributed by atoms with Gasteiger partial charge in [0.05, 0.1) is 78.7 Å². The van der Waals surface area contributed by atoms with Crippen LogP contribution in [0.3, 0.4) is 0 Å².